The first-order valence-electron chi connectivity index (χ1n) is 7.10. The number of para-hydroxylation sites is 2. The van der Waals surface area contributed by atoms with Crippen LogP contribution in [0.4, 0.5) is 27.4 Å². The van der Waals surface area contributed by atoms with Crippen molar-refractivity contribution in [3.63, 3.8) is 0 Å². The van der Waals surface area contributed by atoms with Crippen molar-refractivity contribution in [1.82, 2.24) is 9.97 Å². The zero-order valence-electron chi connectivity index (χ0n) is 12.8. The maximum atomic E-state index is 13.2. The van der Waals surface area contributed by atoms with Crippen LogP contribution in [0.15, 0.2) is 54.9 Å². The molecule has 122 valence electrons. The fourth-order valence-corrected chi connectivity index (χ4v) is 2.28. The van der Waals surface area contributed by atoms with Gasteiger partial charge in [0.15, 0.2) is 0 Å². The van der Waals surface area contributed by atoms with Crippen molar-refractivity contribution < 1.29 is 9.13 Å². The van der Waals surface area contributed by atoms with Gasteiger partial charge in [0.25, 0.3) is 0 Å². The quantitative estimate of drug-likeness (QED) is 0.698. The number of halogens is 2. The van der Waals surface area contributed by atoms with Crippen molar-refractivity contribution in [2.45, 2.75) is 0 Å². The summed E-state index contributed by atoms with van der Waals surface area (Å²) in [6, 6.07) is 13.6. The van der Waals surface area contributed by atoms with Crippen LogP contribution in [0.5, 0.6) is 5.75 Å². The molecule has 5 nitrogen and oxygen atoms in total. The van der Waals surface area contributed by atoms with E-state index in [1.807, 2.05) is 24.3 Å². The van der Waals surface area contributed by atoms with E-state index < -0.39 is 5.82 Å². The third-order valence-electron chi connectivity index (χ3n) is 3.23. The summed E-state index contributed by atoms with van der Waals surface area (Å²) >= 11 is 5.78. The molecule has 0 fully saturated rings. The van der Waals surface area contributed by atoms with E-state index in [0.29, 0.717) is 23.1 Å². The molecule has 0 unspecified atom stereocenters. The number of benzene rings is 2. The van der Waals surface area contributed by atoms with E-state index in [0.717, 1.165) is 5.69 Å². The van der Waals surface area contributed by atoms with Gasteiger partial charge in [0.2, 0.25) is 0 Å². The number of hydrogen-bond donors (Lipinski definition) is 2. The Bertz CT molecular complexity index is 859. The smallest absolute Gasteiger partial charge is 0.142 e. The molecule has 0 aliphatic rings. The van der Waals surface area contributed by atoms with Crippen LogP contribution in [0.1, 0.15) is 0 Å². The van der Waals surface area contributed by atoms with E-state index in [4.69, 9.17) is 16.3 Å². The minimum absolute atomic E-state index is 0.0430. The van der Waals surface area contributed by atoms with Gasteiger partial charge in [-0.2, -0.15) is 0 Å². The molecule has 0 bridgehead atoms. The number of nitrogens with one attached hydrogen (secondary N) is 2. The largest absolute Gasteiger partial charge is 0.495 e. The van der Waals surface area contributed by atoms with E-state index in [9.17, 15) is 4.39 Å². The average Bonchev–Trinajstić information content (AvgIpc) is 2.59. The van der Waals surface area contributed by atoms with E-state index in [2.05, 4.69) is 20.6 Å². The number of aromatic nitrogens is 2. The first-order chi connectivity index (χ1) is 11.7. The molecule has 2 aromatic carbocycles. The number of ether oxygens (including phenoxy) is 1. The van der Waals surface area contributed by atoms with Crippen LogP contribution >= 0.6 is 11.6 Å². The monoisotopic (exact) mass is 344 g/mol. The Morgan fingerprint density at radius 1 is 1.00 bits per heavy atom. The Labute approximate surface area is 143 Å². The lowest BCUT2D eigenvalue weighted by Crippen LogP contribution is -2.00. The minimum Gasteiger partial charge on any atom is -0.495 e. The number of nitrogens with zero attached hydrogens (tertiary/aromatic N) is 2. The first kappa shape index (κ1) is 16.0. The molecule has 1 heterocycles. The van der Waals surface area contributed by atoms with E-state index in [-0.39, 0.29) is 5.02 Å². The molecule has 0 spiro atoms. The summed E-state index contributed by atoms with van der Waals surface area (Å²) in [5, 5.41) is 6.26. The summed E-state index contributed by atoms with van der Waals surface area (Å²) in [6.45, 7) is 0. The van der Waals surface area contributed by atoms with Gasteiger partial charge in [-0.25, -0.2) is 14.4 Å². The van der Waals surface area contributed by atoms with Crippen molar-refractivity contribution in [3.05, 3.63) is 65.7 Å². The lowest BCUT2D eigenvalue weighted by Gasteiger charge is -2.11. The molecule has 0 amide bonds. The van der Waals surface area contributed by atoms with Crippen molar-refractivity contribution >= 4 is 34.6 Å². The Morgan fingerprint density at radius 3 is 2.50 bits per heavy atom. The Balaban J connectivity index is 1.80. The fourth-order valence-electron chi connectivity index (χ4n) is 2.10. The topological polar surface area (TPSA) is 59.1 Å². The highest BCUT2D eigenvalue weighted by molar-refractivity contribution is 6.31. The van der Waals surface area contributed by atoms with E-state index >= 15 is 0 Å². The van der Waals surface area contributed by atoms with Gasteiger partial charge in [-0.1, -0.05) is 23.7 Å². The first-order valence-corrected chi connectivity index (χ1v) is 7.47. The molecular formula is C17H14ClFN4O. The number of rotatable bonds is 5. The van der Waals surface area contributed by atoms with Gasteiger partial charge in [-0.05, 0) is 30.3 Å². The van der Waals surface area contributed by atoms with Gasteiger partial charge in [-0.3, -0.25) is 0 Å². The highest BCUT2D eigenvalue weighted by atomic mass is 35.5. The van der Waals surface area contributed by atoms with Gasteiger partial charge in [0.1, 0.15) is 29.5 Å². The minimum atomic E-state index is -0.469. The maximum Gasteiger partial charge on any atom is 0.142 e. The van der Waals surface area contributed by atoms with Crippen LogP contribution in [0.25, 0.3) is 0 Å². The van der Waals surface area contributed by atoms with Crippen molar-refractivity contribution in [2.24, 2.45) is 0 Å². The molecule has 0 atom stereocenters. The van der Waals surface area contributed by atoms with Crippen molar-refractivity contribution in [2.75, 3.05) is 17.7 Å². The van der Waals surface area contributed by atoms with Crippen LogP contribution in [0, 0.1) is 5.82 Å². The second-order valence-electron chi connectivity index (χ2n) is 4.87. The summed E-state index contributed by atoms with van der Waals surface area (Å²) in [7, 11) is 1.60. The summed E-state index contributed by atoms with van der Waals surface area (Å²) < 4.78 is 18.5. The number of anilines is 4. The summed E-state index contributed by atoms with van der Waals surface area (Å²) in [4.78, 5) is 8.32. The predicted octanol–water partition coefficient (Wildman–Crippen LogP) is 4.76. The van der Waals surface area contributed by atoms with E-state index in [1.54, 1.807) is 19.2 Å². The molecule has 0 radical (unpaired) electrons. The van der Waals surface area contributed by atoms with Crippen LogP contribution in [0.2, 0.25) is 5.02 Å². The Kier molecular flexibility index (Phi) is 4.77. The van der Waals surface area contributed by atoms with Gasteiger partial charge >= 0.3 is 0 Å². The van der Waals surface area contributed by atoms with Crippen molar-refractivity contribution in [1.29, 1.82) is 0 Å². The number of hydrogen-bond acceptors (Lipinski definition) is 5. The average molecular weight is 345 g/mol. The van der Waals surface area contributed by atoms with Gasteiger partial charge < -0.3 is 15.4 Å². The standard InChI is InChI=1S/C17H14ClFN4O/c1-24-15-5-3-2-4-14(15)23-17-9-16(20-10-21-17)22-11-6-7-13(19)12(18)8-11/h2-10H,1H3,(H2,20,21,22,23). The lowest BCUT2D eigenvalue weighted by atomic mass is 10.3. The molecule has 2 N–H and O–H groups in total. The van der Waals surface area contributed by atoms with E-state index in [1.165, 1.54) is 18.5 Å². The van der Waals surface area contributed by atoms with Gasteiger partial charge in [0, 0.05) is 11.8 Å². The van der Waals surface area contributed by atoms with Crippen LogP contribution < -0.4 is 15.4 Å². The molecule has 0 saturated carbocycles. The SMILES string of the molecule is COc1ccccc1Nc1cc(Nc2ccc(F)c(Cl)c2)ncn1. The highest BCUT2D eigenvalue weighted by Gasteiger charge is 2.06. The second-order valence-corrected chi connectivity index (χ2v) is 5.27. The zero-order chi connectivity index (χ0) is 16.9. The molecule has 3 aromatic rings. The summed E-state index contributed by atoms with van der Waals surface area (Å²) in [5.74, 6) is 1.37. The summed E-state index contributed by atoms with van der Waals surface area (Å²) in [5.41, 5.74) is 1.41. The Hall–Kier alpha value is -2.86. The predicted molar refractivity (Wildman–Crippen MR) is 93.0 cm³/mol. The number of methoxy groups -OCH3 is 1. The van der Waals surface area contributed by atoms with Crippen LogP contribution in [-0.4, -0.2) is 17.1 Å². The normalized spacial score (nSPS) is 10.3. The van der Waals surface area contributed by atoms with Crippen LogP contribution in [-0.2, 0) is 0 Å². The van der Waals surface area contributed by atoms with Gasteiger partial charge in [-0.15, -0.1) is 0 Å². The second kappa shape index (κ2) is 7.14. The molecule has 7 heteroatoms. The third kappa shape index (κ3) is 3.72. The van der Waals surface area contributed by atoms with Crippen molar-refractivity contribution in [3.8, 4) is 5.75 Å². The molecular weight excluding hydrogens is 331 g/mol. The van der Waals surface area contributed by atoms with Gasteiger partial charge in [0.05, 0.1) is 17.8 Å². The highest BCUT2D eigenvalue weighted by Crippen LogP contribution is 2.27. The molecule has 24 heavy (non-hydrogen) atoms. The maximum absolute atomic E-state index is 13.2. The van der Waals surface area contributed by atoms with Crippen LogP contribution in [0.3, 0.4) is 0 Å². The lowest BCUT2D eigenvalue weighted by molar-refractivity contribution is 0.417. The molecule has 0 saturated heterocycles. The molecule has 0 aliphatic heterocycles. The third-order valence-corrected chi connectivity index (χ3v) is 3.52. The molecule has 3 rings (SSSR count). The summed E-state index contributed by atoms with van der Waals surface area (Å²) in [6.07, 6.45) is 1.42. The molecule has 0 aliphatic carbocycles. The molecule has 1 aromatic heterocycles. The fraction of sp³-hybridized carbons (Fsp3) is 0.0588. The Morgan fingerprint density at radius 2 is 1.75 bits per heavy atom. The zero-order valence-corrected chi connectivity index (χ0v) is 13.5.